The molecule has 2 saturated heterocycles. The zero-order valence-corrected chi connectivity index (χ0v) is 54.3. The number of amides is 4. The van der Waals surface area contributed by atoms with E-state index in [0.29, 0.717) is 61.5 Å². The van der Waals surface area contributed by atoms with Crippen molar-refractivity contribution in [2.24, 2.45) is 5.41 Å². The quantitative estimate of drug-likeness (QED) is 0.0269. The van der Waals surface area contributed by atoms with Gasteiger partial charge in [-0.1, -0.05) is 94.4 Å². The number of aromatic nitrogens is 1. The number of hydrogen-bond donors (Lipinski definition) is 3. The molecule has 3 N–H and O–H groups in total. The second kappa shape index (κ2) is 33.6. The van der Waals surface area contributed by atoms with Crippen molar-refractivity contribution in [3.05, 3.63) is 129 Å². The summed E-state index contributed by atoms with van der Waals surface area (Å²) in [6, 6.07) is 22.7. The van der Waals surface area contributed by atoms with Crippen molar-refractivity contribution >= 4 is 46.7 Å². The van der Waals surface area contributed by atoms with Crippen molar-refractivity contribution in [2.75, 3.05) is 80.1 Å². The van der Waals surface area contributed by atoms with Crippen molar-refractivity contribution in [2.45, 2.75) is 149 Å². The van der Waals surface area contributed by atoms with Crippen molar-refractivity contribution in [3.8, 4) is 27.7 Å². The maximum Gasteiger partial charge on any atom is 0.329 e. The van der Waals surface area contributed by atoms with Crippen LogP contribution in [0.15, 0.2) is 84.4 Å². The summed E-state index contributed by atoms with van der Waals surface area (Å²) >= 11 is 1.58. The highest BCUT2D eigenvalue weighted by Gasteiger charge is 2.44. The van der Waals surface area contributed by atoms with Gasteiger partial charge in [0.1, 0.15) is 30.5 Å². The van der Waals surface area contributed by atoms with Gasteiger partial charge in [-0.05, 0) is 129 Å². The Bertz CT molecular complexity index is 3180. The van der Waals surface area contributed by atoms with Crippen LogP contribution >= 0.6 is 11.3 Å². The van der Waals surface area contributed by atoms with Gasteiger partial charge in [0.25, 0.3) is 5.91 Å². The largest absolute Gasteiger partial charge is 0.493 e. The fraction of sp³-hybridized carbons (Fsp3) is 0.522. The Kier molecular flexibility index (Phi) is 26.1. The number of likely N-dealkylation sites (tertiary alicyclic amines) is 2. The van der Waals surface area contributed by atoms with E-state index >= 15 is 0 Å². The standard InChI is InChI=1S/C69H91N5O14S/c1-11-53(51-37-46(4)63(83-10)60(38-51)82-9)66(79)73-30-15-14-17-55(73)68(81)88-59(28-24-49-20-19-44(2)45(3)36-49)54-16-12-13-18-58(54)87-42-61(77)70-29-31-84-32-33-85-34-35-86-41-62(78)72-65(69(6,7)8)67(80)74-40-52(75)39-56(74)57(76)27-23-48-21-25-50(26-22-48)64-47(5)71-43-89-64/h12-13,16,18-22,25-26,36-38,43,52-53,55-56,59,65,75H,11,14-15,17,23-24,27-35,39-42H2,1-10H3,(H,70,77)(H,72,78)/t52-,53+,55+,56+,59-,65-/m1/s1. The van der Waals surface area contributed by atoms with E-state index in [2.05, 4.69) is 47.7 Å². The molecule has 0 aliphatic carbocycles. The average molecular weight is 1250 g/mol. The van der Waals surface area contributed by atoms with Gasteiger partial charge in [-0.2, -0.15) is 0 Å². The Balaban J connectivity index is 0.826. The number of rotatable bonds is 32. The fourth-order valence-corrected chi connectivity index (χ4v) is 12.3. The van der Waals surface area contributed by atoms with Crippen molar-refractivity contribution in [1.29, 1.82) is 0 Å². The zero-order chi connectivity index (χ0) is 64.2. The third-order valence-corrected chi connectivity index (χ3v) is 17.5. The lowest BCUT2D eigenvalue weighted by atomic mass is 9.85. The molecule has 0 spiro atoms. The molecule has 19 nitrogen and oxygen atoms in total. The van der Waals surface area contributed by atoms with Gasteiger partial charge in [0.15, 0.2) is 23.9 Å². The number of piperidine rings is 1. The van der Waals surface area contributed by atoms with Gasteiger partial charge >= 0.3 is 5.97 Å². The molecule has 5 aromatic rings. The first kappa shape index (κ1) is 69.2. The second-order valence-electron chi connectivity index (χ2n) is 24.1. The van der Waals surface area contributed by atoms with E-state index in [-0.39, 0.29) is 89.8 Å². The number of hydrogen-bond acceptors (Lipinski definition) is 16. The number of para-hydroxylation sites is 1. The molecule has 3 heterocycles. The Morgan fingerprint density at radius 3 is 2.15 bits per heavy atom. The summed E-state index contributed by atoms with van der Waals surface area (Å²) in [6.45, 7) is 16.4. The maximum absolute atomic E-state index is 14.5. The number of thiazole rings is 1. The summed E-state index contributed by atoms with van der Waals surface area (Å²) in [5, 5.41) is 16.3. The van der Waals surface area contributed by atoms with Gasteiger partial charge < -0.3 is 58.7 Å². The first-order valence-electron chi connectivity index (χ1n) is 31.0. The second-order valence-corrected chi connectivity index (χ2v) is 25.0. The molecule has 89 heavy (non-hydrogen) atoms. The van der Waals surface area contributed by atoms with E-state index in [0.717, 1.165) is 56.8 Å². The van der Waals surface area contributed by atoms with Crippen LogP contribution in [-0.4, -0.2) is 160 Å². The predicted molar refractivity (Wildman–Crippen MR) is 340 cm³/mol. The smallest absolute Gasteiger partial charge is 0.329 e. The molecule has 7 rings (SSSR count). The van der Waals surface area contributed by atoms with E-state index in [1.54, 1.807) is 42.6 Å². The molecule has 20 heteroatoms. The van der Waals surface area contributed by atoms with Crippen LogP contribution in [0.2, 0.25) is 0 Å². The molecule has 0 radical (unpaired) electrons. The maximum atomic E-state index is 14.5. The number of ether oxygens (including phenoxy) is 7. The highest BCUT2D eigenvalue weighted by atomic mass is 32.1. The fourth-order valence-electron chi connectivity index (χ4n) is 11.5. The number of nitrogens with zero attached hydrogens (tertiary/aromatic N) is 3. The molecule has 2 fully saturated rings. The summed E-state index contributed by atoms with van der Waals surface area (Å²) in [6.07, 6.45) is 2.69. The Morgan fingerprint density at radius 1 is 0.742 bits per heavy atom. The van der Waals surface area contributed by atoms with E-state index in [9.17, 15) is 33.9 Å². The monoisotopic (exact) mass is 1250 g/mol. The number of carbonyl (C=O) groups excluding carboxylic acids is 6. The minimum Gasteiger partial charge on any atom is -0.493 e. The summed E-state index contributed by atoms with van der Waals surface area (Å²) < 4.78 is 40.7. The number of methoxy groups -OCH3 is 2. The topological polar surface area (TPSA) is 231 Å². The molecule has 4 amide bonds. The number of benzene rings is 4. The minimum absolute atomic E-state index is 0.00447. The van der Waals surface area contributed by atoms with Crippen molar-refractivity contribution < 1.29 is 67.0 Å². The SMILES string of the molecule is CC[C@H](C(=O)N1CCCC[C@H]1C(=O)O[C@H](CCc1ccc(C)c(C)c1)c1ccccc1OCC(=O)NCCOCCOCCOCC(=O)N[C@H](C(=O)N1C[C@H](O)C[C@H]1C(=O)CCc1ccc(-c2scnc2C)cc1)C(C)(C)C)c1cc(C)c(OC)c(OC)c1. The number of aliphatic hydroxyl groups excluding tert-OH is 1. The molecule has 0 bridgehead atoms. The van der Waals surface area contributed by atoms with Crippen LogP contribution in [0, 0.1) is 33.1 Å². The summed E-state index contributed by atoms with van der Waals surface area (Å²) in [7, 11) is 3.15. The highest BCUT2D eigenvalue weighted by molar-refractivity contribution is 7.13. The lowest BCUT2D eigenvalue weighted by molar-refractivity contribution is -0.162. The van der Waals surface area contributed by atoms with Gasteiger partial charge in [0.2, 0.25) is 17.7 Å². The molecule has 1 aromatic heterocycles. The van der Waals surface area contributed by atoms with Crippen LogP contribution in [0.5, 0.6) is 17.2 Å². The first-order valence-corrected chi connectivity index (χ1v) is 31.9. The van der Waals surface area contributed by atoms with Crippen LogP contribution in [0.3, 0.4) is 0 Å². The Morgan fingerprint density at radius 2 is 1.46 bits per heavy atom. The lowest BCUT2D eigenvalue weighted by Gasteiger charge is -2.37. The van der Waals surface area contributed by atoms with Gasteiger partial charge in [0, 0.05) is 38.0 Å². The number of β-amino-alcohol motifs (C(OH)–C–C–N with tert-alkyl or cyclic N) is 1. The number of aliphatic hydroxyl groups is 1. The minimum atomic E-state index is -0.979. The summed E-state index contributed by atoms with van der Waals surface area (Å²) in [5.74, 6) is -1.09. The number of ketones is 1. The normalized spacial score (nSPS) is 16.9. The summed E-state index contributed by atoms with van der Waals surface area (Å²) in [5.41, 5.74) is 9.76. The molecule has 2 aliphatic rings. The average Bonchev–Trinajstić information content (AvgIpc) is 4.27. The van der Waals surface area contributed by atoms with Crippen LogP contribution in [0.1, 0.15) is 129 Å². The number of nitrogens with one attached hydrogen (secondary N) is 2. The van der Waals surface area contributed by atoms with Crippen LogP contribution < -0.4 is 24.8 Å². The number of carbonyl (C=O) groups is 6. The van der Waals surface area contributed by atoms with E-state index in [1.807, 2.05) is 95.6 Å². The van der Waals surface area contributed by atoms with E-state index in [4.69, 9.17) is 33.2 Å². The van der Waals surface area contributed by atoms with Crippen LogP contribution in [-0.2, 0) is 60.6 Å². The Labute approximate surface area is 528 Å². The van der Waals surface area contributed by atoms with Crippen molar-refractivity contribution in [3.63, 3.8) is 0 Å². The van der Waals surface area contributed by atoms with Gasteiger partial charge in [-0.15, -0.1) is 11.3 Å². The van der Waals surface area contributed by atoms with Crippen LogP contribution in [0.25, 0.3) is 10.4 Å². The Hall–Kier alpha value is -7.23. The third-order valence-electron chi connectivity index (χ3n) is 16.5. The zero-order valence-electron chi connectivity index (χ0n) is 53.5. The number of aryl methyl sites for hydroxylation is 6. The highest BCUT2D eigenvalue weighted by Crippen LogP contribution is 2.38. The molecular weight excluding hydrogens is 1150 g/mol. The van der Waals surface area contributed by atoms with Crippen LogP contribution in [0.4, 0.5) is 0 Å². The van der Waals surface area contributed by atoms with E-state index < -0.39 is 59.5 Å². The molecule has 0 unspecified atom stereocenters. The summed E-state index contributed by atoms with van der Waals surface area (Å²) in [4.78, 5) is 91.6. The van der Waals surface area contributed by atoms with E-state index in [1.165, 1.54) is 10.5 Å². The molecule has 0 saturated carbocycles. The molecule has 6 atom stereocenters. The third kappa shape index (κ3) is 19.4. The first-order chi connectivity index (χ1) is 42.7. The molecule has 4 aromatic carbocycles. The molecular formula is C69H91N5O14S. The molecule has 482 valence electrons. The van der Waals surface area contributed by atoms with Gasteiger partial charge in [0.05, 0.1) is 81.4 Å². The predicted octanol–water partition coefficient (Wildman–Crippen LogP) is 9.09. The molecule has 2 aliphatic heterocycles. The number of Topliss-reactive ketones (excluding diaryl/α,β-unsaturated/α-hetero) is 1. The van der Waals surface area contributed by atoms with Gasteiger partial charge in [-0.25, -0.2) is 9.78 Å². The number of esters is 1. The van der Waals surface area contributed by atoms with Crippen molar-refractivity contribution in [1.82, 2.24) is 25.4 Å². The van der Waals surface area contributed by atoms with Gasteiger partial charge in [-0.3, -0.25) is 24.0 Å². The lowest BCUT2D eigenvalue weighted by Crippen LogP contribution is -2.57.